The Morgan fingerprint density at radius 2 is 2.07 bits per heavy atom. The molecule has 1 rings (SSSR count). The van der Waals surface area contributed by atoms with Gasteiger partial charge < -0.3 is 10.6 Å². The van der Waals surface area contributed by atoms with Gasteiger partial charge in [0.2, 0.25) is 5.91 Å². The first-order valence-electron chi connectivity index (χ1n) is 5.38. The van der Waals surface area contributed by atoms with Crippen molar-refractivity contribution in [3.8, 4) is 0 Å². The Balaban J connectivity index is 2.12. The Labute approximate surface area is 86.0 Å². The molecule has 0 saturated carbocycles. The average Bonchev–Trinajstić information content (AvgIpc) is 2.16. The molecule has 0 aromatic heterocycles. The summed E-state index contributed by atoms with van der Waals surface area (Å²) in [6.07, 6.45) is 0. The minimum Gasteiger partial charge on any atom is -0.355 e. The van der Waals surface area contributed by atoms with Gasteiger partial charge in [-0.1, -0.05) is 13.8 Å². The fraction of sp³-hybridized carbons (Fsp3) is 0.900. The van der Waals surface area contributed by atoms with Crippen LogP contribution in [0.15, 0.2) is 0 Å². The lowest BCUT2D eigenvalue weighted by atomic mass is 10.2. The van der Waals surface area contributed by atoms with Crippen LogP contribution in [-0.2, 0) is 4.79 Å². The molecule has 1 fully saturated rings. The van der Waals surface area contributed by atoms with Crippen molar-refractivity contribution in [2.24, 2.45) is 5.92 Å². The number of rotatable bonds is 4. The van der Waals surface area contributed by atoms with Crippen LogP contribution in [0.3, 0.4) is 0 Å². The van der Waals surface area contributed by atoms with Crippen LogP contribution in [-0.4, -0.2) is 50.1 Å². The summed E-state index contributed by atoms with van der Waals surface area (Å²) in [4.78, 5) is 13.6. The fourth-order valence-electron chi connectivity index (χ4n) is 1.45. The largest absolute Gasteiger partial charge is 0.355 e. The highest BCUT2D eigenvalue weighted by molar-refractivity contribution is 5.78. The molecule has 1 aliphatic rings. The minimum atomic E-state index is 0.153. The third-order valence-corrected chi connectivity index (χ3v) is 2.28. The fourth-order valence-corrected chi connectivity index (χ4v) is 1.45. The van der Waals surface area contributed by atoms with E-state index < -0.39 is 0 Å². The summed E-state index contributed by atoms with van der Waals surface area (Å²) in [6.45, 7) is 9.49. The highest BCUT2D eigenvalue weighted by Crippen LogP contribution is 1.92. The minimum absolute atomic E-state index is 0.153. The van der Waals surface area contributed by atoms with Gasteiger partial charge in [-0.25, -0.2) is 0 Å². The van der Waals surface area contributed by atoms with Gasteiger partial charge in [-0.3, -0.25) is 9.69 Å². The van der Waals surface area contributed by atoms with E-state index in [1.165, 1.54) is 0 Å². The molecule has 14 heavy (non-hydrogen) atoms. The predicted octanol–water partition coefficient (Wildman–Crippen LogP) is -0.336. The number of piperazine rings is 1. The number of carbonyl (C=O) groups excluding carboxylic acids is 1. The first-order chi connectivity index (χ1) is 6.68. The molecular weight excluding hydrogens is 178 g/mol. The molecule has 1 amide bonds. The van der Waals surface area contributed by atoms with Crippen LogP contribution in [0.1, 0.15) is 13.8 Å². The van der Waals surface area contributed by atoms with E-state index in [4.69, 9.17) is 0 Å². The first-order valence-corrected chi connectivity index (χ1v) is 5.38. The zero-order valence-electron chi connectivity index (χ0n) is 9.18. The molecule has 0 bridgehead atoms. The molecule has 0 aromatic rings. The smallest absolute Gasteiger partial charge is 0.234 e. The number of nitrogens with one attached hydrogen (secondary N) is 2. The van der Waals surface area contributed by atoms with Crippen molar-refractivity contribution in [1.82, 2.24) is 15.5 Å². The normalized spacial score (nSPS) is 18.5. The van der Waals surface area contributed by atoms with E-state index >= 15 is 0 Å². The van der Waals surface area contributed by atoms with Gasteiger partial charge in [0.1, 0.15) is 0 Å². The Morgan fingerprint density at radius 1 is 1.43 bits per heavy atom. The van der Waals surface area contributed by atoms with Gasteiger partial charge in [0.15, 0.2) is 0 Å². The lowest BCUT2D eigenvalue weighted by Gasteiger charge is -2.26. The predicted molar refractivity (Wildman–Crippen MR) is 57.2 cm³/mol. The average molecular weight is 199 g/mol. The van der Waals surface area contributed by atoms with Gasteiger partial charge in [0.25, 0.3) is 0 Å². The zero-order valence-corrected chi connectivity index (χ0v) is 9.18. The van der Waals surface area contributed by atoms with Crippen molar-refractivity contribution in [3.05, 3.63) is 0 Å². The number of carbonyl (C=O) groups is 1. The molecular formula is C10H21N3O. The zero-order chi connectivity index (χ0) is 10.4. The highest BCUT2D eigenvalue weighted by Gasteiger charge is 2.12. The lowest BCUT2D eigenvalue weighted by molar-refractivity contribution is -0.122. The second kappa shape index (κ2) is 5.98. The van der Waals surface area contributed by atoms with Crippen molar-refractivity contribution in [3.63, 3.8) is 0 Å². The van der Waals surface area contributed by atoms with E-state index in [0.717, 1.165) is 32.7 Å². The second-order valence-corrected chi connectivity index (χ2v) is 4.22. The maximum atomic E-state index is 11.4. The molecule has 0 spiro atoms. The summed E-state index contributed by atoms with van der Waals surface area (Å²) in [5.74, 6) is 0.683. The molecule has 1 heterocycles. The monoisotopic (exact) mass is 199 g/mol. The van der Waals surface area contributed by atoms with Gasteiger partial charge in [-0.05, 0) is 5.92 Å². The van der Waals surface area contributed by atoms with Gasteiger partial charge in [0.05, 0.1) is 6.54 Å². The van der Waals surface area contributed by atoms with Crippen LogP contribution in [0.2, 0.25) is 0 Å². The van der Waals surface area contributed by atoms with E-state index in [1.807, 2.05) is 0 Å². The van der Waals surface area contributed by atoms with Gasteiger partial charge >= 0.3 is 0 Å². The number of nitrogens with zero attached hydrogens (tertiary/aromatic N) is 1. The molecule has 1 saturated heterocycles. The number of hydrogen-bond donors (Lipinski definition) is 2. The SMILES string of the molecule is CC(C)CNC(=O)CN1CCNCC1. The van der Waals surface area contributed by atoms with Gasteiger partial charge in [-0.15, -0.1) is 0 Å². The van der Waals surface area contributed by atoms with E-state index in [1.54, 1.807) is 0 Å². The van der Waals surface area contributed by atoms with Crippen LogP contribution in [0, 0.1) is 5.92 Å². The van der Waals surface area contributed by atoms with Crippen molar-refractivity contribution in [1.29, 1.82) is 0 Å². The van der Waals surface area contributed by atoms with Gasteiger partial charge in [-0.2, -0.15) is 0 Å². The standard InChI is InChI=1S/C10H21N3O/c1-9(2)7-12-10(14)8-13-5-3-11-4-6-13/h9,11H,3-8H2,1-2H3,(H,12,14). The Morgan fingerprint density at radius 3 is 2.64 bits per heavy atom. The lowest BCUT2D eigenvalue weighted by Crippen LogP contribution is -2.47. The maximum Gasteiger partial charge on any atom is 0.234 e. The van der Waals surface area contributed by atoms with Crippen molar-refractivity contribution >= 4 is 5.91 Å². The molecule has 0 atom stereocenters. The molecule has 0 unspecified atom stereocenters. The Kier molecular flexibility index (Phi) is 4.90. The summed E-state index contributed by atoms with van der Waals surface area (Å²) in [5, 5.41) is 6.19. The third-order valence-electron chi connectivity index (χ3n) is 2.28. The van der Waals surface area contributed by atoms with E-state index in [9.17, 15) is 4.79 Å². The molecule has 0 aromatic carbocycles. The molecule has 0 radical (unpaired) electrons. The summed E-state index contributed by atoms with van der Waals surface area (Å²) >= 11 is 0. The summed E-state index contributed by atoms with van der Waals surface area (Å²) < 4.78 is 0. The van der Waals surface area contributed by atoms with Crippen molar-refractivity contribution in [2.75, 3.05) is 39.3 Å². The van der Waals surface area contributed by atoms with E-state index in [2.05, 4.69) is 29.4 Å². The second-order valence-electron chi connectivity index (χ2n) is 4.22. The van der Waals surface area contributed by atoms with Crippen LogP contribution in [0.25, 0.3) is 0 Å². The molecule has 4 heteroatoms. The molecule has 4 nitrogen and oxygen atoms in total. The van der Waals surface area contributed by atoms with Crippen LogP contribution < -0.4 is 10.6 Å². The van der Waals surface area contributed by atoms with Crippen molar-refractivity contribution < 1.29 is 4.79 Å². The Hall–Kier alpha value is -0.610. The van der Waals surface area contributed by atoms with Crippen LogP contribution in [0.5, 0.6) is 0 Å². The molecule has 0 aliphatic carbocycles. The van der Waals surface area contributed by atoms with Gasteiger partial charge in [0, 0.05) is 32.7 Å². The molecule has 82 valence electrons. The number of hydrogen-bond acceptors (Lipinski definition) is 3. The van der Waals surface area contributed by atoms with Crippen molar-refractivity contribution in [2.45, 2.75) is 13.8 Å². The summed E-state index contributed by atoms with van der Waals surface area (Å²) in [7, 11) is 0. The Bertz CT molecular complexity index is 176. The number of amides is 1. The third kappa shape index (κ3) is 4.58. The quantitative estimate of drug-likeness (QED) is 0.651. The van der Waals surface area contributed by atoms with E-state index in [-0.39, 0.29) is 5.91 Å². The maximum absolute atomic E-state index is 11.4. The molecule has 1 aliphatic heterocycles. The summed E-state index contributed by atoms with van der Waals surface area (Å²) in [6, 6.07) is 0. The highest BCUT2D eigenvalue weighted by atomic mass is 16.2. The topological polar surface area (TPSA) is 44.4 Å². The summed E-state index contributed by atoms with van der Waals surface area (Å²) in [5.41, 5.74) is 0. The first kappa shape index (κ1) is 11.5. The van der Waals surface area contributed by atoms with E-state index in [0.29, 0.717) is 12.5 Å². The van der Waals surface area contributed by atoms with Crippen LogP contribution in [0.4, 0.5) is 0 Å². The van der Waals surface area contributed by atoms with Crippen LogP contribution >= 0.6 is 0 Å². The molecule has 2 N–H and O–H groups in total.